The molecule has 0 aromatic carbocycles. The molecule has 2 nitrogen and oxygen atoms in total. The van der Waals surface area contributed by atoms with E-state index in [0.29, 0.717) is 6.04 Å². The Morgan fingerprint density at radius 2 is 2.12 bits per heavy atom. The molecule has 16 heavy (non-hydrogen) atoms. The van der Waals surface area contributed by atoms with Crippen molar-refractivity contribution in [2.24, 2.45) is 5.84 Å². The van der Waals surface area contributed by atoms with Crippen LogP contribution in [0.2, 0.25) is 0 Å². The van der Waals surface area contributed by atoms with Gasteiger partial charge in [0.2, 0.25) is 0 Å². The number of hydrogen-bond donors (Lipinski definition) is 2. The first kappa shape index (κ1) is 14.1. The highest BCUT2D eigenvalue weighted by Gasteiger charge is 2.15. The zero-order chi connectivity index (χ0) is 11.8. The molecule has 3 heteroatoms. The quantitative estimate of drug-likeness (QED) is 0.409. The summed E-state index contributed by atoms with van der Waals surface area (Å²) < 4.78 is 0. The van der Waals surface area contributed by atoms with Gasteiger partial charge in [0.1, 0.15) is 0 Å². The summed E-state index contributed by atoms with van der Waals surface area (Å²) in [5.74, 6) is 6.73. The SMILES string of the molecule is C=C(C)CCC(CSC1CCCCC1)NN. The zero-order valence-corrected chi connectivity index (χ0v) is 11.3. The topological polar surface area (TPSA) is 38.0 Å². The fraction of sp³-hybridized carbons (Fsp3) is 0.846. The van der Waals surface area contributed by atoms with Crippen LogP contribution >= 0.6 is 11.8 Å². The average Bonchev–Trinajstić information content (AvgIpc) is 2.30. The van der Waals surface area contributed by atoms with Gasteiger partial charge in [0.25, 0.3) is 0 Å². The van der Waals surface area contributed by atoms with Crippen molar-refractivity contribution >= 4 is 11.8 Å². The number of allylic oxidation sites excluding steroid dienone is 1. The highest BCUT2D eigenvalue weighted by Crippen LogP contribution is 2.28. The van der Waals surface area contributed by atoms with Crippen LogP contribution in [-0.4, -0.2) is 17.0 Å². The maximum atomic E-state index is 5.58. The first-order chi connectivity index (χ1) is 7.72. The molecule has 1 atom stereocenters. The predicted octanol–water partition coefficient (Wildman–Crippen LogP) is 3.24. The summed E-state index contributed by atoms with van der Waals surface area (Å²) >= 11 is 2.11. The molecule has 1 rings (SSSR count). The minimum Gasteiger partial charge on any atom is -0.271 e. The Kier molecular flexibility index (Phi) is 7.17. The fourth-order valence-corrected chi connectivity index (χ4v) is 3.55. The van der Waals surface area contributed by atoms with Crippen molar-refractivity contribution < 1.29 is 0 Å². The van der Waals surface area contributed by atoms with Gasteiger partial charge in [-0.25, -0.2) is 0 Å². The van der Waals surface area contributed by atoms with Gasteiger partial charge in [0, 0.05) is 17.0 Å². The van der Waals surface area contributed by atoms with Crippen molar-refractivity contribution in [2.45, 2.75) is 63.2 Å². The molecule has 0 bridgehead atoms. The van der Waals surface area contributed by atoms with Crippen molar-refractivity contribution in [1.82, 2.24) is 5.43 Å². The van der Waals surface area contributed by atoms with Gasteiger partial charge in [-0.2, -0.15) is 11.8 Å². The van der Waals surface area contributed by atoms with Gasteiger partial charge in [0.15, 0.2) is 0 Å². The van der Waals surface area contributed by atoms with E-state index in [9.17, 15) is 0 Å². The highest BCUT2D eigenvalue weighted by molar-refractivity contribution is 7.99. The lowest BCUT2D eigenvalue weighted by Gasteiger charge is -2.23. The Morgan fingerprint density at radius 1 is 1.44 bits per heavy atom. The van der Waals surface area contributed by atoms with E-state index in [4.69, 9.17) is 5.84 Å². The second kappa shape index (κ2) is 8.15. The smallest absolute Gasteiger partial charge is 0.0304 e. The normalized spacial score (nSPS) is 19.6. The lowest BCUT2D eigenvalue weighted by molar-refractivity contribution is 0.509. The van der Waals surface area contributed by atoms with Crippen LogP contribution in [0.5, 0.6) is 0 Å². The third kappa shape index (κ3) is 5.92. The van der Waals surface area contributed by atoms with Crippen molar-refractivity contribution in [3.8, 4) is 0 Å². The molecule has 0 aromatic heterocycles. The summed E-state index contributed by atoms with van der Waals surface area (Å²) in [6, 6.07) is 0.448. The van der Waals surface area contributed by atoms with Crippen LogP contribution in [0.15, 0.2) is 12.2 Å². The molecule has 1 aliphatic rings. The van der Waals surface area contributed by atoms with Crippen LogP contribution in [-0.2, 0) is 0 Å². The van der Waals surface area contributed by atoms with Crippen molar-refractivity contribution in [2.75, 3.05) is 5.75 Å². The van der Waals surface area contributed by atoms with Crippen LogP contribution < -0.4 is 11.3 Å². The van der Waals surface area contributed by atoms with Crippen LogP contribution in [0.25, 0.3) is 0 Å². The fourth-order valence-electron chi connectivity index (χ4n) is 2.12. The van der Waals surface area contributed by atoms with Crippen molar-refractivity contribution in [3.63, 3.8) is 0 Å². The highest BCUT2D eigenvalue weighted by atomic mass is 32.2. The first-order valence-electron chi connectivity index (χ1n) is 6.44. The molecular weight excluding hydrogens is 216 g/mol. The second-order valence-electron chi connectivity index (χ2n) is 4.95. The molecule has 1 saturated carbocycles. The molecule has 0 radical (unpaired) electrons. The van der Waals surface area contributed by atoms with Crippen molar-refractivity contribution in [3.05, 3.63) is 12.2 Å². The third-order valence-electron chi connectivity index (χ3n) is 3.24. The van der Waals surface area contributed by atoms with E-state index >= 15 is 0 Å². The number of hydrogen-bond acceptors (Lipinski definition) is 3. The Morgan fingerprint density at radius 3 is 2.69 bits per heavy atom. The third-order valence-corrected chi connectivity index (χ3v) is 4.78. The average molecular weight is 242 g/mol. The van der Waals surface area contributed by atoms with E-state index in [1.807, 2.05) is 0 Å². The van der Waals surface area contributed by atoms with Crippen LogP contribution in [0.4, 0.5) is 0 Å². The molecule has 0 spiro atoms. The van der Waals surface area contributed by atoms with Gasteiger partial charge in [-0.15, -0.1) is 6.58 Å². The number of rotatable bonds is 7. The summed E-state index contributed by atoms with van der Waals surface area (Å²) in [6.45, 7) is 6.02. The number of thioether (sulfide) groups is 1. The molecule has 0 aromatic rings. The van der Waals surface area contributed by atoms with Gasteiger partial charge < -0.3 is 0 Å². The van der Waals surface area contributed by atoms with Gasteiger partial charge >= 0.3 is 0 Å². The Hall–Kier alpha value is 0.01000. The summed E-state index contributed by atoms with van der Waals surface area (Å²) in [5.41, 5.74) is 4.19. The molecular formula is C13H26N2S. The van der Waals surface area contributed by atoms with E-state index < -0.39 is 0 Å². The Labute approximate surface area is 104 Å². The second-order valence-corrected chi connectivity index (χ2v) is 6.29. The number of hydrazine groups is 1. The molecule has 0 amide bonds. The zero-order valence-electron chi connectivity index (χ0n) is 10.5. The van der Waals surface area contributed by atoms with E-state index in [-0.39, 0.29) is 0 Å². The van der Waals surface area contributed by atoms with E-state index in [0.717, 1.165) is 23.8 Å². The lowest BCUT2D eigenvalue weighted by atomic mass is 10.0. The molecule has 0 heterocycles. The van der Waals surface area contributed by atoms with Crippen LogP contribution in [0.3, 0.4) is 0 Å². The largest absolute Gasteiger partial charge is 0.271 e. The minimum absolute atomic E-state index is 0.448. The summed E-state index contributed by atoms with van der Waals surface area (Å²) in [4.78, 5) is 0. The number of nitrogens with two attached hydrogens (primary N) is 1. The van der Waals surface area contributed by atoms with Gasteiger partial charge in [0.05, 0.1) is 0 Å². The predicted molar refractivity (Wildman–Crippen MR) is 74.5 cm³/mol. The monoisotopic (exact) mass is 242 g/mol. The van der Waals surface area contributed by atoms with Crippen LogP contribution in [0.1, 0.15) is 51.9 Å². The molecule has 1 unspecified atom stereocenters. The van der Waals surface area contributed by atoms with Gasteiger partial charge in [-0.1, -0.05) is 24.8 Å². The standard InChI is InChI=1S/C13H26N2S/c1-11(2)8-9-12(15-14)10-16-13-6-4-3-5-7-13/h12-13,15H,1,3-10,14H2,2H3. The minimum atomic E-state index is 0.448. The van der Waals surface area contributed by atoms with Crippen molar-refractivity contribution in [1.29, 1.82) is 0 Å². The maximum Gasteiger partial charge on any atom is 0.0304 e. The molecule has 1 aliphatic carbocycles. The van der Waals surface area contributed by atoms with E-state index in [1.165, 1.54) is 37.7 Å². The number of nitrogens with one attached hydrogen (secondary N) is 1. The van der Waals surface area contributed by atoms with Gasteiger partial charge in [-0.3, -0.25) is 11.3 Å². The summed E-state index contributed by atoms with van der Waals surface area (Å²) in [7, 11) is 0. The summed E-state index contributed by atoms with van der Waals surface area (Å²) in [6.07, 6.45) is 9.29. The molecule has 94 valence electrons. The van der Waals surface area contributed by atoms with E-state index in [1.54, 1.807) is 0 Å². The summed E-state index contributed by atoms with van der Waals surface area (Å²) in [5, 5.41) is 0.884. The maximum absolute atomic E-state index is 5.58. The van der Waals surface area contributed by atoms with Crippen LogP contribution in [0, 0.1) is 0 Å². The van der Waals surface area contributed by atoms with E-state index in [2.05, 4.69) is 30.7 Å². The Bertz CT molecular complexity index is 200. The molecule has 0 saturated heterocycles. The first-order valence-corrected chi connectivity index (χ1v) is 7.49. The molecule has 0 aliphatic heterocycles. The molecule has 3 N–H and O–H groups in total. The lowest BCUT2D eigenvalue weighted by Crippen LogP contribution is -2.37. The molecule has 1 fully saturated rings. The Balaban J connectivity index is 2.14. The van der Waals surface area contributed by atoms with Gasteiger partial charge in [-0.05, 0) is 32.6 Å².